The van der Waals surface area contributed by atoms with E-state index < -0.39 is 32.4 Å². The average molecular weight is 455 g/mol. The van der Waals surface area contributed by atoms with Crippen molar-refractivity contribution in [3.63, 3.8) is 0 Å². The van der Waals surface area contributed by atoms with Gasteiger partial charge in [0, 0.05) is 19.7 Å². The third-order valence-corrected chi connectivity index (χ3v) is 6.34. The van der Waals surface area contributed by atoms with Gasteiger partial charge >= 0.3 is 7.82 Å². The molecule has 0 bridgehead atoms. The lowest BCUT2D eigenvalue weighted by Gasteiger charge is -2.29. The highest BCUT2D eigenvalue weighted by molar-refractivity contribution is 7.47. The van der Waals surface area contributed by atoms with E-state index in [1.807, 2.05) is 6.92 Å². The zero-order valence-electron chi connectivity index (χ0n) is 18.1. The SMILES string of the molecule is CCCO[C@@H]1[C@@H]2OP(=O)(O)OC[C@H]2O[C@H]1n1cnc2c(N(CCC)CCC)ncnc21. The molecular weight excluding hydrogens is 425 g/mol. The van der Waals surface area contributed by atoms with E-state index in [0.29, 0.717) is 17.8 Å². The first-order valence-electron chi connectivity index (χ1n) is 10.8. The van der Waals surface area contributed by atoms with Crippen LogP contribution < -0.4 is 4.90 Å². The maximum atomic E-state index is 12.0. The number of ether oxygens (including phenoxy) is 2. The van der Waals surface area contributed by atoms with Crippen molar-refractivity contribution in [3.05, 3.63) is 12.7 Å². The predicted molar refractivity (Wildman–Crippen MR) is 113 cm³/mol. The van der Waals surface area contributed by atoms with Gasteiger partial charge in [0.05, 0.1) is 12.9 Å². The topological polar surface area (TPSA) is 121 Å². The number of imidazole rings is 1. The van der Waals surface area contributed by atoms with Crippen LogP contribution in [0.3, 0.4) is 0 Å². The largest absolute Gasteiger partial charge is 0.472 e. The fourth-order valence-electron chi connectivity index (χ4n) is 4.10. The first kappa shape index (κ1) is 22.6. The van der Waals surface area contributed by atoms with Crippen LogP contribution in [0.2, 0.25) is 0 Å². The second-order valence-corrected chi connectivity index (χ2v) is 9.15. The summed E-state index contributed by atoms with van der Waals surface area (Å²) >= 11 is 0. The Labute approximate surface area is 181 Å². The zero-order valence-corrected chi connectivity index (χ0v) is 19.0. The summed E-state index contributed by atoms with van der Waals surface area (Å²) < 4.78 is 36.2. The number of phosphoric acid groups is 1. The molecule has 4 heterocycles. The van der Waals surface area contributed by atoms with Crippen molar-refractivity contribution in [3.8, 4) is 0 Å². The summed E-state index contributed by atoms with van der Waals surface area (Å²) in [5.41, 5.74) is 1.30. The van der Waals surface area contributed by atoms with Crippen molar-refractivity contribution in [2.24, 2.45) is 0 Å². The maximum absolute atomic E-state index is 12.0. The fraction of sp³-hybridized carbons (Fsp3) is 0.737. The van der Waals surface area contributed by atoms with E-state index >= 15 is 0 Å². The first-order chi connectivity index (χ1) is 15.0. The number of hydrogen-bond donors (Lipinski definition) is 1. The van der Waals surface area contributed by atoms with Gasteiger partial charge in [-0.3, -0.25) is 13.6 Å². The van der Waals surface area contributed by atoms with Crippen molar-refractivity contribution >= 4 is 24.8 Å². The minimum absolute atomic E-state index is 0.0471. The number of anilines is 1. The molecular formula is C19H30N5O6P. The first-order valence-corrected chi connectivity index (χ1v) is 12.3. The summed E-state index contributed by atoms with van der Waals surface area (Å²) in [4.78, 5) is 25.6. The van der Waals surface area contributed by atoms with E-state index in [9.17, 15) is 9.46 Å². The number of aromatic nitrogens is 4. The fourth-order valence-corrected chi connectivity index (χ4v) is 5.06. The Morgan fingerprint density at radius 3 is 2.71 bits per heavy atom. The minimum Gasteiger partial charge on any atom is -0.371 e. The second kappa shape index (κ2) is 9.48. The molecule has 0 aromatic carbocycles. The van der Waals surface area contributed by atoms with E-state index in [1.165, 1.54) is 6.33 Å². The predicted octanol–water partition coefficient (Wildman–Crippen LogP) is 2.66. The van der Waals surface area contributed by atoms with Gasteiger partial charge in [-0.15, -0.1) is 0 Å². The Kier molecular flexibility index (Phi) is 6.90. The number of fused-ring (bicyclic) bond motifs is 2. The molecule has 2 aliphatic heterocycles. The van der Waals surface area contributed by atoms with Crippen LogP contribution in [0.25, 0.3) is 11.2 Å². The summed E-state index contributed by atoms with van der Waals surface area (Å²) in [6.45, 7) is 8.41. The second-order valence-electron chi connectivity index (χ2n) is 7.74. The zero-order chi connectivity index (χ0) is 22.0. The molecule has 2 fully saturated rings. The van der Waals surface area contributed by atoms with Gasteiger partial charge in [0.15, 0.2) is 23.2 Å². The molecule has 0 aliphatic carbocycles. The summed E-state index contributed by atoms with van der Waals surface area (Å²) in [5.74, 6) is 0.785. The van der Waals surface area contributed by atoms with E-state index in [0.717, 1.165) is 38.2 Å². The molecule has 2 aromatic rings. The monoisotopic (exact) mass is 455 g/mol. The lowest BCUT2D eigenvalue weighted by Crippen LogP contribution is -2.40. The average Bonchev–Trinajstić information content (AvgIpc) is 3.32. The molecule has 2 aliphatic rings. The maximum Gasteiger partial charge on any atom is 0.472 e. The van der Waals surface area contributed by atoms with Crippen molar-refractivity contribution in [2.75, 3.05) is 31.2 Å². The van der Waals surface area contributed by atoms with Gasteiger partial charge in [0.25, 0.3) is 0 Å². The van der Waals surface area contributed by atoms with Crippen LogP contribution in [0.15, 0.2) is 12.7 Å². The smallest absolute Gasteiger partial charge is 0.371 e. The highest BCUT2D eigenvalue weighted by atomic mass is 31.2. The molecule has 172 valence electrons. The van der Waals surface area contributed by atoms with E-state index in [1.54, 1.807) is 10.9 Å². The molecule has 1 N–H and O–H groups in total. The number of rotatable bonds is 9. The molecule has 31 heavy (non-hydrogen) atoms. The molecule has 5 atom stereocenters. The van der Waals surface area contributed by atoms with Gasteiger partial charge in [0.2, 0.25) is 0 Å². The van der Waals surface area contributed by atoms with Gasteiger partial charge in [-0.1, -0.05) is 20.8 Å². The van der Waals surface area contributed by atoms with Crippen LogP contribution in [0, 0.1) is 0 Å². The van der Waals surface area contributed by atoms with E-state index in [2.05, 4.69) is 33.7 Å². The van der Waals surface area contributed by atoms with Crippen LogP contribution in [-0.2, 0) is 23.1 Å². The van der Waals surface area contributed by atoms with Crippen molar-refractivity contribution < 1.29 is 28.0 Å². The molecule has 0 saturated carbocycles. The molecule has 2 aromatic heterocycles. The molecule has 12 heteroatoms. The van der Waals surface area contributed by atoms with E-state index in [-0.39, 0.29) is 6.61 Å². The van der Waals surface area contributed by atoms with Crippen molar-refractivity contribution in [2.45, 2.75) is 64.6 Å². The summed E-state index contributed by atoms with van der Waals surface area (Å²) in [6, 6.07) is 0. The van der Waals surface area contributed by atoms with Crippen LogP contribution in [0.5, 0.6) is 0 Å². The van der Waals surface area contributed by atoms with Crippen LogP contribution >= 0.6 is 7.82 Å². The molecule has 2 saturated heterocycles. The molecule has 4 rings (SSSR count). The molecule has 0 amide bonds. The Hall–Kier alpha value is -1.62. The Morgan fingerprint density at radius 2 is 2.00 bits per heavy atom. The number of nitrogens with zero attached hydrogens (tertiary/aromatic N) is 5. The number of hydrogen-bond acceptors (Lipinski definition) is 9. The lowest BCUT2D eigenvalue weighted by atomic mass is 10.1. The lowest BCUT2D eigenvalue weighted by molar-refractivity contribution is -0.0682. The van der Waals surface area contributed by atoms with Gasteiger partial charge in [-0.25, -0.2) is 19.5 Å². The summed E-state index contributed by atoms with van der Waals surface area (Å²) in [7, 11) is -4.13. The quantitative estimate of drug-likeness (QED) is 0.565. The Balaban J connectivity index is 1.70. The number of phosphoric ester groups is 1. The van der Waals surface area contributed by atoms with Gasteiger partial charge in [-0.05, 0) is 19.3 Å². The van der Waals surface area contributed by atoms with Crippen molar-refractivity contribution in [1.82, 2.24) is 19.5 Å². The standard InChI is InChI=1S/C19H30N5O6P/c1-4-7-23(8-5-2)17-14-18(21-11-20-17)24(12-22-14)19-16(27-9-6-3)15-13(29-19)10-28-31(25,26)30-15/h11-13,15-16,19H,4-10H2,1-3H3,(H,25,26)/t13-,15-,16-,19-/m1/s1. The highest BCUT2D eigenvalue weighted by Gasteiger charge is 2.54. The highest BCUT2D eigenvalue weighted by Crippen LogP contribution is 2.53. The van der Waals surface area contributed by atoms with Gasteiger partial charge in [-0.2, -0.15) is 0 Å². The molecule has 0 radical (unpaired) electrons. The van der Waals surface area contributed by atoms with Crippen LogP contribution in [0.1, 0.15) is 46.3 Å². The molecule has 1 unspecified atom stereocenters. The van der Waals surface area contributed by atoms with Crippen LogP contribution in [-0.4, -0.2) is 69.0 Å². The van der Waals surface area contributed by atoms with Gasteiger partial charge < -0.3 is 19.3 Å². The van der Waals surface area contributed by atoms with E-state index in [4.69, 9.17) is 18.5 Å². The van der Waals surface area contributed by atoms with Crippen LogP contribution in [0.4, 0.5) is 5.82 Å². The Morgan fingerprint density at radius 1 is 1.23 bits per heavy atom. The van der Waals surface area contributed by atoms with Gasteiger partial charge in [0.1, 0.15) is 24.6 Å². The summed E-state index contributed by atoms with van der Waals surface area (Å²) in [6.07, 6.45) is 3.47. The third kappa shape index (κ3) is 4.48. The third-order valence-electron chi connectivity index (χ3n) is 5.36. The minimum atomic E-state index is -4.13. The molecule has 11 nitrogen and oxygen atoms in total. The summed E-state index contributed by atoms with van der Waals surface area (Å²) in [5, 5.41) is 0. The molecule has 0 spiro atoms. The van der Waals surface area contributed by atoms with Crippen molar-refractivity contribution in [1.29, 1.82) is 0 Å². The Bertz CT molecular complexity index is 936. The normalized spacial score (nSPS) is 30.6.